The number of hydrogen-bond donors (Lipinski definition) is 0. The quantitative estimate of drug-likeness (QED) is 0.365. The highest BCUT2D eigenvalue weighted by Crippen LogP contribution is 2.48. The molecular formula is C24H26O8. The minimum atomic E-state index is -2.61. The monoisotopic (exact) mass is 442 g/mol. The van der Waals surface area contributed by atoms with Crippen molar-refractivity contribution in [1.82, 2.24) is 0 Å². The van der Waals surface area contributed by atoms with Crippen molar-refractivity contribution < 1.29 is 38.1 Å². The summed E-state index contributed by atoms with van der Waals surface area (Å²) in [6.45, 7) is 3.60. The molecule has 0 saturated heterocycles. The van der Waals surface area contributed by atoms with Gasteiger partial charge >= 0.3 is 23.9 Å². The second-order valence-corrected chi connectivity index (χ2v) is 7.20. The van der Waals surface area contributed by atoms with E-state index >= 15 is 0 Å². The normalized spacial score (nSPS) is 11.3. The fraction of sp³-hybridized carbons (Fsp3) is 0.333. The number of ether oxygens (including phenoxy) is 4. The molecule has 2 aromatic carbocycles. The predicted molar refractivity (Wildman–Crippen MR) is 114 cm³/mol. The number of aryl methyl sites for hydroxylation is 2. The van der Waals surface area contributed by atoms with Crippen molar-refractivity contribution in [2.45, 2.75) is 24.7 Å². The van der Waals surface area contributed by atoms with E-state index in [-0.39, 0.29) is 11.1 Å². The van der Waals surface area contributed by atoms with Crippen LogP contribution in [-0.2, 0) is 49.0 Å². The summed E-state index contributed by atoms with van der Waals surface area (Å²) in [4.78, 5) is 54.0. The number of esters is 4. The summed E-state index contributed by atoms with van der Waals surface area (Å²) in [5.74, 6) is -4.76. The van der Waals surface area contributed by atoms with Crippen molar-refractivity contribution in [1.29, 1.82) is 0 Å². The van der Waals surface area contributed by atoms with Gasteiger partial charge in [-0.3, -0.25) is 19.2 Å². The molecule has 170 valence electrons. The van der Waals surface area contributed by atoms with Gasteiger partial charge in [-0.15, -0.1) is 0 Å². The average Bonchev–Trinajstić information content (AvgIpc) is 2.82. The van der Waals surface area contributed by atoms with Gasteiger partial charge in [-0.1, -0.05) is 59.7 Å². The van der Waals surface area contributed by atoms with Crippen LogP contribution in [0.4, 0.5) is 0 Å². The molecule has 2 rings (SSSR count). The summed E-state index contributed by atoms with van der Waals surface area (Å²) < 4.78 is 20.0. The van der Waals surface area contributed by atoms with Gasteiger partial charge in [-0.25, -0.2) is 0 Å². The maximum Gasteiger partial charge on any atom is 0.330 e. The molecule has 0 amide bonds. The maximum atomic E-state index is 13.5. The molecule has 32 heavy (non-hydrogen) atoms. The van der Waals surface area contributed by atoms with Crippen LogP contribution in [0.1, 0.15) is 22.3 Å². The lowest BCUT2D eigenvalue weighted by Gasteiger charge is -2.42. The number of benzene rings is 2. The molecule has 0 atom stereocenters. The number of hydrogen-bond acceptors (Lipinski definition) is 8. The molecule has 8 heteroatoms. The maximum absolute atomic E-state index is 13.5. The van der Waals surface area contributed by atoms with Crippen LogP contribution in [0.5, 0.6) is 0 Å². The van der Waals surface area contributed by atoms with Crippen LogP contribution in [0, 0.1) is 13.8 Å². The molecule has 8 nitrogen and oxygen atoms in total. The van der Waals surface area contributed by atoms with Gasteiger partial charge in [0.2, 0.25) is 10.8 Å². The summed E-state index contributed by atoms with van der Waals surface area (Å²) in [6.07, 6.45) is 0. The molecule has 0 aliphatic carbocycles. The van der Waals surface area contributed by atoms with Crippen molar-refractivity contribution in [3.05, 3.63) is 70.8 Å². The molecule has 0 heterocycles. The molecular weight excluding hydrogens is 416 g/mol. The van der Waals surface area contributed by atoms with E-state index in [1.165, 1.54) is 24.3 Å². The van der Waals surface area contributed by atoms with Gasteiger partial charge in [0, 0.05) is 0 Å². The molecule has 0 saturated carbocycles. The largest absolute Gasteiger partial charge is 0.468 e. The van der Waals surface area contributed by atoms with E-state index in [4.69, 9.17) is 18.9 Å². The highest BCUT2D eigenvalue weighted by molar-refractivity contribution is 6.22. The van der Waals surface area contributed by atoms with E-state index in [1.807, 2.05) is 0 Å². The van der Waals surface area contributed by atoms with Crippen LogP contribution >= 0.6 is 0 Å². The van der Waals surface area contributed by atoms with Crippen LogP contribution in [0.25, 0.3) is 0 Å². The van der Waals surface area contributed by atoms with Crippen LogP contribution in [0.3, 0.4) is 0 Å². The van der Waals surface area contributed by atoms with Crippen molar-refractivity contribution in [3.8, 4) is 0 Å². The Morgan fingerprint density at radius 2 is 0.719 bits per heavy atom. The zero-order valence-corrected chi connectivity index (χ0v) is 18.9. The predicted octanol–water partition coefficient (Wildman–Crippen LogP) is 2.17. The molecule has 0 bridgehead atoms. The van der Waals surface area contributed by atoms with Crippen molar-refractivity contribution in [3.63, 3.8) is 0 Å². The Kier molecular flexibility index (Phi) is 7.40. The first-order chi connectivity index (χ1) is 15.2. The van der Waals surface area contributed by atoms with Gasteiger partial charge in [0.1, 0.15) is 0 Å². The summed E-state index contributed by atoms with van der Waals surface area (Å²) in [5, 5.41) is 0. The average molecular weight is 442 g/mol. The summed E-state index contributed by atoms with van der Waals surface area (Å²) in [7, 11) is 4.18. The van der Waals surface area contributed by atoms with Crippen LogP contribution in [-0.4, -0.2) is 52.3 Å². The van der Waals surface area contributed by atoms with E-state index < -0.39 is 34.7 Å². The fourth-order valence-corrected chi connectivity index (χ4v) is 3.90. The molecule has 0 spiro atoms. The number of carbonyl (C=O) groups is 4. The van der Waals surface area contributed by atoms with Gasteiger partial charge in [0.25, 0.3) is 0 Å². The van der Waals surface area contributed by atoms with E-state index in [0.29, 0.717) is 0 Å². The molecule has 0 fully saturated rings. The first-order valence-corrected chi connectivity index (χ1v) is 9.66. The van der Waals surface area contributed by atoms with Crippen LogP contribution < -0.4 is 0 Å². The Morgan fingerprint density at radius 3 is 0.906 bits per heavy atom. The van der Waals surface area contributed by atoms with Crippen molar-refractivity contribution >= 4 is 23.9 Å². The Morgan fingerprint density at radius 1 is 0.500 bits per heavy atom. The topological polar surface area (TPSA) is 105 Å². The van der Waals surface area contributed by atoms with Crippen molar-refractivity contribution in [2.75, 3.05) is 28.4 Å². The van der Waals surface area contributed by atoms with Crippen molar-refractivity contribution in [2.24, 2.45) is 0 Å². The second kappa shape index (κ2) is 9.64. The molecule has 0 aliphatic heterocycles. The lowest BCUT2D eigenvalue weighted by Crippen LogP contribution is -2.68. The highest BCUT2D eigenvalue weighted by atomic mass is 16.6. The SMILES string of the molecule is COC(=O)C(C(=O)OC)(c1ccc(C)cc1)C(C(=O)OC)(C(=O)OC)c1ccc(C)cc1. The third-order valence-corrected chi connectivity index (χ3v) is 5.50. The van der Waals surface area contributed by atoms with E-state index in [2.05, 4.69) is 0 Å². The third kappa shape index (κ3) is 3.51. The Bertz CT molecular complexity index is 890. The van der Waals surface area contributed by atoms with E-state index in [1.54, 1.807) is 38.1 Å². The zero-order chi connectivity index (χ0) is 24.1. The van der Waals surface area contributed by atoms with Gasteiger partial charge in [-0.05, 0) is 25.0 Å². The smallest absolute Gasteiger partial charge is 0.330 e. The molecule has 0 unspecified atom stereocenters. The van der Waals surface area contributed by atoms with Crippen LogP contribution in [0.2, 0.25) is 0 Å². The number of methoxy groups -OCH3 is 4. The molecule has 0 radical (unpaired) electrons. The lowest BCUT2D eigenvalue weighted by atomic mass is 9.56. The van der Waals surface area contributed by atoms with Gasteiger partial charge < -0.3 is 18.9 Å². The standard InChI is InChI=1S/C24H26O8/c1-15-7-11-17(12-8-15)23(19(25)29-3,20(26)30-4)24(21(27)31-5,22(28)32-6)18-13-9-16(2)10-14-18/h7-14H,1-6H3. The summed E-state index contributed by atoms with van der Waals surface area (Å²) in [5.41, 5.74) is -3.60. The zero-order valence-electron chi connectivity index (χ0n) is 18.9. The van der Waals surface area contributed by atoms with Gasteiger partial charge in [-0.2, -0.15) is 0 Å². The van der Waals surface area contributed by atoms with E-state index in [9.17, 15) is 19.2 Å². The highest BCUT2D eigenvalue weighted by Gasteiger charge is 2.74. The molecule has 0 aliphatic rings. The second-order valence-electron chi connectivity index (χ2n) is 7.20. The number of carbonyl (C=O) groups excluding carboxylic acids is 4. The summed E-state index contributed by atoms with van der Waals surface area (Å²) >= 11 is 0. The summed E-state index contributed by atoms with van der Waals surface area (Å²) in [6, 6.07) is 12.3. The van der Waals surface area contributed by atoms with Crippen LogP contribution in [0.15, 0.2) is 48.5 Å². The minimum absolute atomic E-state index is 0.00169. The van der Waals surface area contributed by atoms with E-state index in [0.717, 1.165) is 39.6 Å². The Hall–Kier alpha value is -3.68. The Balaban J connectivity index is 3.23. The van der Waals surface area contributed by atoms with Gasteiger partial charge in [0.15, 0.2) is 0 Å². The fourth-order valence-electron chi connectivity index (χ4n) is 3.90. The first kappa shape index (κ1) is 24.6. The third-order valence-electron chi connectivity index (χ3n) is 5.50. The molecule has 0 N–H and O–H groups in total. The minimum Gasteiger partial charge on any atom is -0.468 e. The lowest BCUT2D eigenvalue weighted by molar-refractivity contribution is -0.183. The van der Waals surface area contributed by atoms with Gasteiger partial charge in [0.05, 0.1) is 28.4 Å². The Labute approximate surface area is 186 Å². The number of rotatable bonds is 7. The molecule has 0 aromatic heterocycles. The first-order valence-electron chi connectivity index (χ1n) is 9.66. The molecule has 2 aromatic rings.